The molecular weight excluding hydrogens is 136 g/mol. The van der Waals surface area contributed by atoms with Gasteiger partial charge in [0.2, 0.25) is 0 Å². The first-order chi connectivity index (χ1) is 5.40. The fourth-order valence-electron chi connectivity index (χ4n) is 1.47. The summed E-state index contributed by atoms with van der Waals surface area (Å²) >= 11 is 0. The van der Waals surface area contributed by atoms with Crippen LogP contribution in [0, 0.1) is 0 Å². The Balaban J connectivity index is 2.11. The summed E-state index contributed by atoms with van der Waals surface area (Å²) in [6.07, 6.45) is 5.14. The molecule has 2 heteroatoms. The lowest BCUT2D eigenvalue weighted by molar-refractivity contribution is 0.410. The van der Waals surface area contributed by atoms with Crippen LogP contribution >= 0.6 is 0 Å². The van der Waals surface area contributed by atoms with E-state index < -0.39 is 0 Å². The maximum atomic E-state index is 4.28. The van der Waals surface area contributed by atoms with Crippen molar-refractivity contribution < 1.29 is 0 Å². The first-order valence-electron chi connectivity index (χ1n) is 4.44. The molecule has 60 valence electrons. The number of aromatic nitrogens is 2. The molecule has 2 nitrogen and oxygen atoms in total. The van der Waals surface area contributed by atoms with Crippen molar-refractivity contribution in [2.45, 2.75) is 38.5 Å². The van der Waals surface area contributed by atoms with E-state index in [4.69, 9.17) is 0 Å². The zero-order valence-corrected chi connectivity index (χ0v) is 6.93. The lowest BCUT2D eigenvalue weighted by atomic mass is 9.83. The number of H-pyrrole nitrogens is 1. The van der Waals surface area contributed by atoms with Crippen molar-refractivity contribution in [1.82, 2.24) is 10.2 Å². The fourth-order valence-corrected chi connectivity index (χ4v) is 1.47. The Morgan fingerprint density at radius 1 is 1.64 bits per heavy atom. The second kappa shape index (κ2) is 2.68. The van der Waals surface area contributed by atoms with Crippen molar-refractivity contribution in [2.24, 2.45) is 0 Å². The second-order valence-electron chi connectivity index (χ2n) is 3.30. The quantitative estimate of drug-likeness (QED) is 0.688. The molecule has 0 bridgehead atoms. The van der Waals surface area contributed by atoms with E-state index in [1.807, 2.05) is 0 Å². The number of nitrogens with one attached hydrogen (secondary N) is 1. The van der Waals surface area contributed by atoms with Crippen molar-refractivity contribution in [2.75, 3.05) is 0 Å². The van der Waals surface area contributed by atoms with E-state index in [0.717, 1.165) is 12.3 Å². The summed E-state index contributed by atoms with van der Waals surface area (Å²) in [6, 6.07) is 2.21. The molecule has 0 amide bonds. The molecular formula is C9H14N2. The van der Waals surface area contributed by atoms with Gasteiger partial charge < -0.3 is 0 Å². The Labute approximate surface area is 67.0 Å². The number of rotatable bonds is 2. The standard InChI is InChI=1S/C9H14N2/c1-2-8-6-9(11-10-8)7-4-3-5-7/h6-7H,2-5H2,1H3,(H,10,11). The Morgan fingerprint density at radius 3 is 2.91 bits per heavy atom. The summed E-state index contributed by atoms with van der Waals surface area (Å²) in [5, 5.41) is 7.34. The summed E-state index contributed by atoms with van der Waals surface area (Å²) in [7, 11) is 0. The summed E-state index contributed by atoms with van der Waals surface area (Å²) in [4.78, 5) is 0. The lowest BCUT2D eigenvalue weighted by Crippen LogP contribution is -2.08. The van der Waals surface area contributed by atoms with Crippen molar-refractivity contribution in [3.8, 4) is 0 Å². The smallest absolute Gasteiger partial charge is 0.0655 e. The van der Waals surface area contributed by atoms with E-state index in [1.165, 1.54) is 30.7 Å². The molecule has 1 saturated carbocycles. The molecule has 1 fully saturated rings. The van der Waals surface area contributed by atoms with Crippen molar-refractivity contribution >= 4 is 0 Å². The minimum absolute atomic E-state index is 0.770. The Kier molecular flexibility index (Phi) is 1.68. The van der Waals surface area contributed by atoms with E-state index in [2.05, 4.69) is 23.2 Å². The van der Waals surface area contributed by atoms with Gasteiger partial charge in [-0.2, -0.15) is 5.10 Å². The first-order valence-corrected chi connectivity index (χ1v) is 4.44. The van der Waals surface area contributed by atoms with E-state index >= 15 is 0 Å². The maximum absolute atomic E-state index is 4.28. The third-order valence-corrected chi connectivity index (χ3v) is 2.56. The average Bonchev–Trinajstić information content (AvgIpc) is 2.32. The number of hydrogen-bond acceptors (Lipinski definition) is 1. The minimum Gasteiger partial charge on any atom is -0.282 e. The van der Waals surface area contributed by atoms with Crippen LogP contribution in [0.3, 0.4) is 0 Å². The Bertz CT molecular complexity index is 235. The predicted octanol–water partition coefficient (Wildman–Crippen LogP) is 2.24. The van der Waals surface area contributed by atoms with Crippen molar-refractivity contribution in [3.05, 3.63) is 17.5 Å². The molecule has 0 aliphatic heterocycles. The van der Waals surface area contributed by atoms with E-state index in [-0.39, 0.29) is 0 Å². The summed E-state index contributed by atoms with van der Waals surface area (Å²) < 4.78 is 0. The summed E-state index contributed by atoms with van der Waals surface area (Å²) in [5.41, 5.74) is 2.56. The molecule has 1 aliphatic rings. The van der Waals surface area contributed by atoms with Crippen LogP contribution in [0.2, 0.25) is 0 Å². The lowest BCUT2D eigenvalue weighted by Gasteiger charge is -2.22. The van der Waals surface area contributed by atoms with Gasteiger partial charge >= 0.3 is 0 Å². The zero-order chi connectivity index (χ0) is 7.68. The first kappa shape index (κ1) is 6.89. The van der Waals surface area contributed by atoms with Crippen molar-refractivity contribution in [1.29, 1.82) is 0 Å². The molecule has 1 aromatic heterocycles. The molecule has 2 rings (SSSR count). The fraction of sp³-hybridized carbons (Fsp3) is 0.667. The second-order valence-corrected chi connectivity index (χ2v) is 3.30. The van der Waals surface area contributed by atoms with Crippen molar-refractivity contribution in [3.63, 3.8) is 0 Å². The predicted molar refractivity (Wildman–Crippen MR) is 44.6 cm³/mol. The molecule has 11 heavy (non-hydrogen) atoms. The van der Waals surface area contributed by atoms with Gasteiger partial charge in [0.05, 0.1) is 5.69 Å². The number of hydrogen-bond donors (Lipinski definition) is 1. The highest BCUT2D eigenvalue weighted by Gasteiger charge is 2.21. The normalized spacial score (nSPS) is 18.3. The zero-order valence-electron chi connectivity index (χ0n) is 6.93. The minimum atomic E-state index is 0.770. The molecule has 0 atom stereocenters. The third kappa shape index (κ3) is 1.17. The van der Waals surface area contributed by atoms with Crippen LogP contribution in [0.25, 0.3) is 0 Å². The molecule has 1 heterocycles. The Morgan fingerprint density at radius 2 is 2.45 bits per heavy atom. The van der Waals surface area contributed by atoms with Gasteiger partial charge in [0.25, 0.3) is 0 Å². The molecule has 0 aromatic carbocycles. The summed E-state index contributed by atoms with van der Waals surface area (Å²) in [5.74, 6) is 0.770. The maximum Gasteiger partial charge on any atom is 0.0655 e. The van der Waals surface area contributed by atoms with Crippen LogP contribution in [-0.2, 0) is 6.42 Å². The highest BCUT2D eigenvalue weighted by Crippen LogP contribution is 2.35. The van der Waals surface area contributed by atoms with Crippen LogP contribution in [0.5, 0.6) is 0 Å². The van der Waals surface area contributed by atoms with E-state index in [9.17, 15) is 0 Å². The number of aromatic amines is 1. The van der Waals surface area contributed by atoms with Gasteiger partial charge in [-0.3, -0.25) is 5.10 Å². The van der Waals surface area contributed by atoms with Crippen LogP contribution in [0.4, 0.5) is 0 Å². The summed E-state index contributed by atoms with van der Waals surface area (Å²) in [6.45, 7) is 2.15. The average molecular weight is 150 g/mol. The van der Waals surface area contributed by atoms with E-state index in [1.54, 1.807) is 0 Å². The third-order valence-electron chi connectivity index (χ3n) is 2.56. The van der Waals surface area contributed by atoms with Gasteiger partial charge in [-0.15, -0.1) is 0 Å². The van der Waals surface area contributed by atoms with Gasteiger partial charge in [-0.05, 0) is 25.3 Å². The largest absolute Gasteiger partial charge is 0.282 e. The highest BCUT2D eigenvalue weighted by atomic mass is 15.1. The van der Waals surface area contributed by atoms with Crippen LogP contribution in [0.15, 0.2) is 6.07 Å². The molecule has 0 saturated heterocycles. The molecule has 0 unspecified atom stereocenters. The topological polar surface area (TPSA) is 28.7 Å². The van der Waals surface area contributed by atoms with Gasteiger partial charge in [0, 0.05) is 11.6 Å². The van der Waals surface area contributed by atoms with Gasteiger partial charge in [-0.25, -0.2) is 0 Å². The van der Waals surface area contributed by atoms with Crippen LogP contribution in [-0.4, -0.2) is 10.2 Å². The van der Waals surface area contributed by atoms with Gasteiger partial charge in [-0.1, -0.05) is 13.3 Å². The Hall–Kier alpha value is -0.790. The van der Waals surface area contributed by atoms with Crippen LogP contribution in [0.1, 0.15) is 43.5 Å². The molecule has 1 aliphatic carbocycles. The SMILES string of the molecule is CCc1cc(C2CCC2)n[nH]1. The molecule has 0 spiro atoms. The molecule has 0 radical (unpaired) electrons. The van der Waals surface area contributed by atoms with E-state index in [0.29, 0.717) is 0 Å². The number of aryl methyl sites for hydroxylation is 1. The number of nitrogens with zero attached hydrogens (tertiary/aromatic N) is 1. The van der Waals surface area contributed by atoms with Crippen LogP contribution < -0.4 is 0 Å². The molecule has 1 aromatic rings. The van der Waals surface area contributed by atoms with Gasteiger partial charge in [0.1, 0.15) is 0 Å². The molecule has 1 N–H and O–H groups in total. The van der Waals surface area contributed by atoms with Gasteiger partial charge in [0.15, 0.2) is 0 Å². The highest BCUT2D eigenvalue weighted by molar-refractivity contribution is 5.14. The monoisotopic (exact) mass is 150 g/mol.